The molecule has 0 bridgehead atoms. The monoisotopic (exact) mass is 407 g/mol. The summed E-state index contributed by atoms with van der Waals surface area (Å²) in [5, 5.41) is 8.59. The van der Waals surface area contributed by atoms with E-state index in [4.69, 9.17) is 9.47 Å². The molecule has 0 saturated heterocycles. The highest BCUT2D eigenvalue weighted by atomic mass is 35.5. The molecule has 2 N–H and O–H groups in total. The van der Waals surface area contributed by atoms with Gasteiger partial charge in [0.1, 0.15) is 16.5 Å². The summed E-state index contributed by atoms with van der Waals surface area (Å²) in [6, 6.07) is 7.61. The first-order valence-corrected chi connectivity index (χ1v) is 8.20. The van der Waals surface area contributed by atoms with Gasteiger partial charge in [-0.1, -0.05) is 0 Å². The molecule has 0 aliphatic carbocycles. The zero-order chi connectivity index (χ0) is 16.5. The molecule has 0 aliphatic rings. The molecule has 0 fully saturated rings. The van der Waals surface area contributed by atoms with Crippen molar-refractivity contribution < 1.29 is 14.3 Å². The van der Waals surface area contributed by atoms with Gasteiger partial charge in [0.2, 0.25) is 0 Å². The Balaban J connectivity index is 0.00000288. The van der Waals surface area contributed by atoms with Gasteiger partial charge in [0.15, 0.2) is 0 Å². The van der Waals surface area contributed by atoms with Crippen LogP contribution in [0.2, 0.25) is 0 Å². The van der Waals surface area contributed by atoms with E-state index in [0.717, 1.165) is 22.9 Å². The van der Waals surface area contributed by atoms with Gasteiger partial charge < -0.3 is 20.1 Å². The fourth-order valence-electron chi connectivity index (χ4n) is 1.90. The Labute approximate surface area is 164 Å². The predicted octanol–water partition coefficient (Wildman–Crippen LogP) is 2.63. The number of halogens is 2. The van der Waals surface area contributed by atoms with Gasteiger partial charge >= 0.3 is 0 Å². The second kappa shape index (κ2) is 12.9. The van der Waals surface area contributed by atoms with E-state index in [2.05, 4.69) is 15.6 Å². The second-order valence-electron chi connectivity index (χ2n) is 4.77. The highest BCUT2D eigenvalue weighted by Gasteiger charge is 2.11. The molecule has 0 atom stereocenters. The fourth-order valence-corrected chi connectivity index (χ4v) is 2.70. The molecule has 0 aliphatic heterocycles. The van der Waals surface area contributed by atoms with Crippen molar-refractivity contribution in [1.29, 1.82) is 0 Å². The number of ether oxygens (including phenoxy) is 2. The Kier molecular flexibility index (Phi) is 12.2. The zero-order valence-corrected chi connectivity index (χ0v) is 16.6. The van der Waals surface area contributed by atoms with Crippen LogP contribution in [0, 0.1) is 0 Å². The molecule has 0 radical (unpaired) electrons. The Morgan fingerprint density at radius 1 is 1.12 bits per heavy atom. The molecule has 25 heavy (non-hydrogen) atoms. The number of carbonyl (C=O) groups is 1. The standard InChI is InChI=1S/C16H21N3O3S.2ClH/c1-21-10-9-17-7-8-18-15(20)14-11-23-16(19-14)12-3-5-13(22-2)6-4-12;;/h3-6,11,17H,7-10H2,1-2H3,(H,18,20);2*1H. The third-order valence-corrected chi connectivity index (χ3v) is 4.04. The number of nitrogens with one attached hydrogen (secondary N) is 2. The molecule has 9 heteroatoms. The summed E-state index contributed by atoms with van der Waals surface area (Å²) in [7, 11) is 3.29. The van der Waals surface area contributed by atoms with Crippen molar-refractivity contribution in [2.75, 3.05) is 40.5 Å². The van der Waals surface area contributed by atoms with Crippen LogP contribution in [0.4, 0.5) is 0 Å². The average molecular weight is 408 g/mol. The summed E-state index contributed by atoms with van der Waals surface area (Å²) in [5.74, 6) is 0.638. The normalized spacial score (nSPS) is 9.68. The van der Waals surface area contributed by atoms with Crippen LogP contribution in [-0.4, -0.2) is 51.4 Å². The van der Waals surface area contributed by atoms with Gasteiger partial charge in [0.05, 0.1) is 13.7 Å². The summed E-state index contributed by atoms with van der Waals surface area (Å²) < 4.78 is 10.1. The van der Waals surface area contributed by atoms with Crippen molar-refractivity contribution in [2.24, 2.45) is 0 Å². The number of rotatable bonds is 9. The van der Waals surface area contributed by atoms with Crippen LogP contribution in [0.1, 0.15) is 10.5 Å². The molecule has 6 nitrogen and oxygen atoms in total. The molecule has 0 unspecified atom stereocenters. The lowest BCUT2D eigenvalue weighted by atomic mass is 10.2. The van der Waals surface area contributed by atoms with E-state index in [-0.39, 0.29) is 30.7 Å². The summed E-state index contributed by atoms with van der Waals surface area (Å²) in [6.45, 7) is 2.68. The lowest BCUT2D eigenvalue weighted by molar-refractivity contribution is 0.0949. The van der Waals surface area contributed by atoms with Crippen molar-refractivity contribution in [1.82, 2.24) is 15.6 Å². The minimum Gasteiger partial charge on any atom is -0.497 e. The molecular weight excluding hydrogens is 385 g/mol. The highest BCUT2D eigenvalue weighted by molar-refractivity contribution is 7.13. The maximum atomic E-state index is 12.0. The van der Waals surface area contributed by atoms with E-state index in [1.807, 2.05) is 24.3 Å². The minimum absolute atomic E-state index is 0. The van der Waals surface area contributed by atoms with Crippen molar-refractivity contribution in [2.45, 2.75) is 0 Å². The summed E-state index contributed by atoms with van der Waals surface area (Å²) >= 11 is 1.45. The molecule has 140 valence electrons. The molecule has 1 heterocycles. The number of benzene rings is 1. The van der Waals surface area contributed by atoms with Gasteiger partial charge in [0, 0.05) is 37.7 Å². The van der Waals surface area contributed by atoms with Gasteiger partial charge in [-0.2, -0.15) is 0 Å². The first-order valence-electron chi connectivity index (χ1n) is 7.32. The van der Waals surface area contributed by atoms with Crippen molar-refractivity contribution in [3.05, 3.63) is 35.3 Å². The number of nitrogens with zero attached hydrogens (tertiary/aromatic N) is 1. The summed E-state index contributed by atoms with van der Waals surface area (Å²) in [5.41, 5.74) is 1.41. The summed E-state index contributed by atoms with van der Waals surface area (Å²) in [6.07, 6.45) is 0. The predicted molar refractivity (Wildman–Crippen MR) is 106 cm³/mol. The Morgan fingerprint density at radius 3 is 2.48 bits per heavy atom. The minimum atomic E-state index is -0.158. The molecule has 1 aromatic carbocycles. The van der Waals surface area contributed by atoms with E-state index in [1.165, 1.54) is 11.3 Å². The average Bonchev–Trinajstić information content (AvgIpc) is 3.08. The molecule has 0 saturated carbocycles. The topological polar surface area (TPSA) is 72.5 Å². The number of hydrogen-bond acceptors (Lipinski definition) is 6. The first-order chi connectivity index (χ1) is 11.2. The van der Waals surface area contributed by atoms with Crippen LogP contribution in [-0.2, 0) is 4.74 Å². The quantitative estimate of drug-likeness (QED) is 0.625. The molecule has 2 rings (SSSR count). The smallest absolute Gasteiger partial charge is 0.270 e. The van der Waals surface area contributed by atoms with Crippen LogP contribution < -0.4 is 15.4 Å². The zero-order valence-electron chi connectivity index (χ0n) is 14.1. The number of aromatic nitrogens is 1. The van der Waals surface area contributed by atoms with Gasteiger partial charge in [-0.05, 0) is 24.3 Å². The van der Waals surface area contributed by atoms with Gasteiger partial charge in [-0.25, -0.2) is 4.98 Å². The van der Waals surface area contributed by atoms with E-state index < -0.39 is 0 Å². The molecule has 1 amide bonds. The molecule has 2 aromatic rings. The van der Waals surface area contributed by atoms with Crippen molar-refractivity contribution in [3.63, 3.8) is 0 Å². The maximum absolute atomic E-state index is 12.0. The van der Waals surface area contributed by atoms with E-state index >= 15 is 0 Å². The van der Waals surface area contributed by atoms with Crippen LogP contribution in [0.15, 0.2) is 29.6 Å². The van der Waals surface area contributed by atoms with Crippen LogP contribution >= 0.6 is 36.2 Å². The number of carbonyl (C=O) groups excluding carboxylic acids is 1. The molecule has 1 aromatic heterocycles. The van der Waals surface area contributed by atoms with E-state index in [0.29, 0.717) is 25.4 Å². The van der Waals surface area contributed by atoms with Crippen LogP contribution in [0.3, 0.4) is 0 Å². The fraction of sp³-hybridized carbons (Fsp3) is 0.375. The lowest BCUT2D eigenvalue weighted by Crippen LogP contribution is -2.33. The Hall–Kier alpha value is -1.38. The van der Waals surface area contributed by atoms with E-state index in [1.54, 1.807) is 19.6 Å². The van der Waals surface area contributed by atoms with Gasteiger partial charge in [-0.3, -0.25) is 4.79 Å². The van der Waals surface area contributed by atoms with E-state index in [9.17, 15) is 4.79 Å². The second-order valence-corrected chi connectivity index (χ2v) is 5.62. The van der Waals surface area contributed by atoms with Crippen LogP contribution in [0.25, 0.3) is 10.6 Å². The van der Waals surface area contributed by atoms with Crippen LogP contribution in [0.5, 0.6) is 5.75 Å². The largest absolute Gasteiger partial charge is 0.497 e. The van der Waals surface area contributed by atoms with Crippen molar-refractivity contribution >= 4 is 42.1 Å². The van der Waals surface area contributed by atoms with Gasteiger partial charge in [-0.15, -0.1) is 36.2 Å². The third-order valence-electron chi connectivity index (χ3n) is 3.14. The number of methoxy groups -OCH3 is 2. The molecule has 0 spiro atoms. The highest BCUT2D eigenvalue weighted by Crippen LogP contribution is 2.25. The maximum Gasteiger partial charge on any atom is 0.270 e. The summed E-state index contributed by atoms with van der Waals surface area (Å²) in [4.78, 5) is 16.4. The number of hydrogen-bond donors (Lipinski definition) is 2. The molecular formula is C16H23Cl2N3O3S. The third kappa shape index (κ3) is 7.58. The Bertz CT molecular complexity index is 623. The van der Waals surface area contributed by atoms with Crippen molar-refractivity contribution in [3.8, 4) is 16.3 Å². The number of amides is 1. The number of thiazole rings is 1. The first kappa shape index (κ1) is 23.6. The Morgan fingerprint density at radius 2 is 1.84 bits per heavy atom. The SMILES string of the molecule is COCCNCCNC(=O)c1csc(-c2ccc(OC)cc2)n1.Cl.Cl. The van der Waals surface area contributed by atoms with Gasteiger partial charge in [0.25, 0.3) is 5.91 Å². The lowest BCUT2D eigenvalue weighted by Gasteiger charge is -2.05.